The van der Waals surface area contributed by atoms with E-state index < -0.39 is 18.4 Å². The Bertz CT molecular complexity index is 310. The van der Waals surface area contributed by atoms with Crippen LogP contribution in [0.2, 0.25) is 19.8 Å². The van der Waals surface area contributed by atoms with E-state index in [4.69, 9.17) is 11.6 Å². The summed E-state index contributed by atoms with van der Waals surface area (Å²) < 4.78 is 2.37. The molecule has 0 unspecified atom stereocenters. The summed E-state index contributed by atoms with van der Waals surface area (Å²) in [5.41, 5.74) is 1.13. The summed E-state index contributed by atoms with van der Waals surface area (Å²) in [5, 5.41) is 0.842. The number of halogens is 1. The van der Waals surface area contributed by atoms with Gasteiger partial charge in [0.05, 0.1) is 0 Å². The number of hydrogen-bond acceptors (Lipinski definition) is 0. The molecule has 0 saturated carbocycles. The number of hydrogen-bond donors (Lipinski definition) is 0. The molecule has 0 N–H and O–H groups in total. The molecule has 0 aliphatic rings. The zero-order valence-electron chi connectivity index (χ0n) is 8.34. The van der Waals surface area contributed by atoms with Crippen LogP contribution in [0.1, 0.15) is 5.56 Å². The first-order chi connectivity index (χ1) is 5.99. The van der Waals surface area contributed by atoms with Gasteiger partial charge in [-0.1, -0.05) is 0 Å². The monoisotopic (exact) mass is 302 g/mol. The van der Waals surface area contributed by atoms with E-state index in [1.807, 2.05) is 18.2 Å². The molecule has 0 aliphatic heterocycles. The fourth-order valence-corrected chi connectivity index (χ4v) is 3.09. The molecule has 1 aromatic carbocycles. The standard InChI is InChI=1S/C8H6Cl.3CH3.Sn/c1-2-7-5-3-4-6-8(7)9;;;;/h1-6H;3*1H3;. The van der Waals surface area contributed by atoms with Crippen LogP contribution in [0.15, 0.2) is 28.4 Å². The van der Waals surface area contributed by atoms with Gasteiger partial charge in [0.1, 0.15) is 0 Å². The molecule has 0 nitrogen and oxygen atoms in total. The van der Waals surface area contributed by atoms with Crippen molar-refractivity contribution in [2.45, 2.75) is 14.8 Å². The molecule has 0 amide bonds. The first-order valence-corrected chi connectivity index (χ1v) is 15.0. The molecule has 0 spiro atoms. The zero-order chi connectivity index (χ0) is 9.90. The first-order valence-electron chi connectivity index (χ1n) is 4.43. The van der Waals surface area contributed by atoms with Crippen LogP contribution in [0.25, 0.3) is 6.08 Å². The van der Waals surface area contributed by atoms with Gasteiger partial charge in [-0.15, -0.1) is 0 Å². The molecule has 1 rings (SSSR count). The van der Waals surface area contributed by atoms with Crippen LogP contribution < -0.4 is 0 Å². The third kappa shape index (κ3) is 4.19. The maximum absolute atomic E-state index is 6.03. The molecule has 70 valence electrons. The van der Waals surface area contributed by atoms with Crippen molar-refractivity contribution in [3.8, 4) is 0 Å². The van der Waals surface area contributed by atoms with Crippen molar-refractivity contribution in [3.05, 3.63) is 38.9 Å². The van der Waals surface area contributed by atoms with Gasteiger partial charge in [0.2, 0.25) is 0 Å². The normalized spacial score (nSPS) is 12.3. The van der Waals surface area contributed by atoms with E-state index in [1.165, 1.54) is 0 Å². The minimum atomic E-state index is -1.77. The molecule has 1 aromatic rings. The molecule has 0 radical (unpaired) electrons. The van der Waals surface area contributed by atoms with Gasteiger partial charge >= 0.3 is 89.8 Å². The summed E-state index contributed by atoms with van der Waals surface area (Å²) in [7, 11) is 0. The second-order valence-electron chi connectivity index (χ2n) is 4.22. The van der Waals surface area contributed by atoms with Crippen molar-refractivity contribution < 1.29 is 0 Å². The molecule has 13 heavy (non-hydrogen) atoms. The van der Waals surface area contributed by atoms with Crippen LogP contribution in [-0.2, 0) is 0 Å². The third-order valence-electron chi connectivity index (χ3n) is 1.67. The average Bonchev–Trinajstić information content (AvgIpc) is 2.01. The van der Waals surface area contributed by atoms with E-state index in [0.29, 0.717) is 0 Å². The molecule has 0 aliphatic carbocycles. The van der Waals surface area contributed by atoms with Gasteiger partial charge in [-0.3, -0.25) is 0 Å². The molecular formula is C11H15ClSn. The van der Waals surface area contributed by atoms with Crippen molar-refractivity contribution in [1.29, 1.82) is 0 Å². The van der Waals surface area contributed by atoms with Gasteiger partial charge in [-0.25, -0.2) is 0 Å². The van der Waals surface area contributed by atoms with Gasteiger partial charge in [0.25, 0.3) is 0 Å². The first kappa shape index (κ1) is 11.1. The van der Waals surface area contributed by atoms with Gasteiger partial charge in [-0.2, -0.15) is 0 Å². The van der Waals surface area contributed by atoms with Crippen molar-refractivity contribution in [3.63, 3.8) is 0 Å². The van der Waals surface area contributed by atoms with E-state index in [9.17, 15) is 0 Å². The van der Waals surface area contributed by atoms with Gasteiger partial charge in [0, 0.05) is 0 Å². The van der Waals surface area contributed by atoms with E-state index in [0.717, 1.165) is 10.6 Å². The van der Waals surface area contributed by atoms with Crippen LogP contribution in [0, 0.1) is 0 Å². The molecule has 0 bridgehead atoms. The fourth-order valence-electron chi connectivity index (χ4n) is 0.950. The van der Waals surface area contributed by atoms with Crippen molar-refractivity contribution in [2.75, 3.05) is 0 Å². The van der Waals surface area contributed by atoms with E-state index >= 15 is 0 Å². The predicted octanol–water partition coefficient (Wildman–Crippen LogP) is 4.23. The number of benzene rings is 1. The Labute approximate surface area is 89.5 Å². The molecule has 0 heterocycles. The second kappa shape index (κ2) is 4.52. The Balaban J connectivity index is 2.86. The maximum atomic E-state index is 6.03. The van der Waals surface area contributed by atoms with Crippen LogP contribution in [-0.4, -0.2) is 18.4 Å². The van der Waals surface area contributed by atoms with Crippen molar-refractivity contribution in [2.24, 2.45) is 0 Å². The van der Waals surface area contributed by atoms with Crippen LogP contribution in [0.4, 0.5) is 0 Å². The molecule has 0 atom stereocenters. The van der Waals surface area contributed by atoms with Gasteiger partial charge in [-0.05, 0) is 0 Å². The summed E-state index contributed by atoms with van der Waals surface area (Å²) in [4.78, 5) is 7.13. The van der Waals surface area contributed by atoms with Crippen LogP contribution in [0.3, 0.4) is 0 Å². The van der Waals surface area contributed by atoms with Gasteiger partial charge < -0.3 is 0 Å². The number of rotatable bonds is 2. The Morgan fingerprint density at radius 3 is 2.31 bits per heavy atom. The molecule has 0 fully saturated rings. The summed E-state index contributed by atoms with van der Waals surface area (Å²) in [5.74, 6) is 0. The Kier molecular flexibility index (Phi) is 3.86. The molecule has 0 aromatic heterocycles. The fraction of sp³-hybridized carbons (Fsp3) is 0.273. The Morgan fingerprint density at radius 1 is 1.15 bits per heavy atom. The van der Waals surface area contributed by atoms with E-state index in [-0.39, 0.29) is 0 Å². The molecular weight excluding hydrogens is 286 g/mol. The summed E-state index contributed by atoms with van der Waals surface area (Å²) in [6.07, 6.45) is 2.17. The summed E-state index contributed by atoms with van der Waals surface area (Å²) in [6, 6.07) is 7.96. The Morgan fingerprint density at radius 2 is 1.77 bits per heavy atom. The van der Waals surface area contributed by atoms with Gasteiger partial charge in [0.15, 0.2) is 0 Å². The minimum absolute atomic E-state index is 0.842. The predicted molar refractivity (Wildman–Crippen MR) is 63.8 cm³/mol. The van der Waals surface area contributed by atoms with E-state index in [1.54, 1.807) is 0 Å². The third-order valence-corrected chi connectivity index (χ3v) is 5.34. The second-order valence-corrected chi connectivity index (χ2v) is 19.1. The topological polar surface area (TPSA) is 0 Å². The van der Waals surface area contributed by atoms with Crippen molar-refractivity contribution in [1.82, 2.24) is 0 Å². The van der Waals surface area contributed by atoms with Crippen LogP contribution >= 0.6 is 11.6 Å². The van der Waals surface area contributed by atoms with E-state index in [2.05, 4.69) is 31.1 Å². The summed E-state index contributed by atoms with van der Waals surface area (Å²) in [6.45, 7) is 0. The molecule has 2 heteroatoms. The zero-order valence-corrected chi connectivity index (χ0v) is 12.0. The van der Waals surface area contributed by atoms with Crippen LogP contribution in [0.5, 0.6) is 0 Å². The van der Waals surface area contributed by atoms with Crippen molar-refractivity contribution >= 4 is 36.1 Å². The summed E-state index contributed by atoms with van der Waals surface area (Å²) >= 11 is 4.25. The average molecular weight is 301 g/mol. The SMILES string of the molecule is [CH3][Sn]([CH3])([CH3])/[CH]=C\c1ccccc1Cl. The Hall–Kier alpha value is 0.0487. The molecule has 0 saturated heterocycles. The quantitative estimate of drug-likeness (QED) is 0.717.